The van der Waals surface area contributed by atoms with Crippen molar-refractivity contribution < 1.29 is 0 Å². The fourth-order valence-electron chi connectivity index (χ4n) is 4.19. The van der Waals surface area contributed by atoms with Crippen molar-refractivity contribution in [3.63, 3.8) is 0 Å². The van der Waals surface area contributed by atoms with Gasteiger partial charge in [0.05, 0.1) is 0 Å². The zero-order valence-corrected chi connectivity index (χ0v) is 19.3. The Morgan fingerprint density at radius 2 is 1.42 bits per heavy atom. The minimum absolute atomic E-state index is 0.386. The van der Waals surface area contributed by atoms with Gasteiger partial charge in [-0.3, -0.25) is 4.99 Å². The first-order valence-corrected chi connectivity index (χ1v) is 11.7. The monoisotopic (exact) mass is 421 g/mol. The van der Waals surface area contributed by atoms with Crippen LogP contribution in [0.5, 0.6) is 0 Å². The van der Waals surface area contributed by atoms with Gasteiger partial charge in [-0.05, 0) is 44.0 Å². The van der Waals surface area contributed by atoms with Gasteiger partial charge >= 0.3 is 0 Å². The molecule has 2 N–H and O–H groups in total. The third-order valence-electron chi connectivity index (χ3n) is 6.14. The van der Waals surface area contributed by atoms with Gasteiger partial charge in [-0.25, -0.2) is 0 Å². The van der Waals surface area contributed by atoms with Gasteiger partial charge in [0.1, 0.15) is 0 Å². The molecule has 0 aromatic heterocycles. The molecule has 1 heterocycles. The number of nitrogens with one attached hydrogen (secondary N) is 2. The first kappa shape index (κ1) is 23.3. The van der Waals surface area contributed by atoms with E-state index in [1.165, 1.54) is 56.7 Å². The molecule has 1 fully saturated rings. The van der Waals surface area contributed by atoms with Crippen LogP contribution in [0.1, 0.15) is 36.3 Å². The third kappa shape index (κ3) is 8.00. The number of guanidine groups is 1. The highest BCUT2D eigenvalue weighted by molar-refractivity contribution is 5.79. The Morgan fingerprint density at radius 3 is 2.00 bits per heavy atom. The molecule has 1 aliphatic rings. The van der Waals surface area contributed by atoms with Crippen molar-refractivity contribution in [2.45, 2.75) is 25.2 Å². The molecule has 0 amide bonds. The molecule has 0 atom stereocenters. The van der Waals surface area contributed by atoms with E-state index in [2.05, 4.69) is 93.1 Å². The lowest BCUT2D eigenvalue weighted by atomic mass is 9.88. The third-order valence-corrected chi connectivity index (χ3v) is 6.14. The summed E-state index contributed by atoms with van der Waals surface area (Å²) in [6, 6.07) is 21.6. The summed E-state index contributed by atoms with van der Waals surface area (Å²) < 4.78 is 0. The van der Waals surface area contributed by atoms with Crippen molar-refractivity contribution in [1.29, 1.82) is 0 Å². The predicted octanol–water partition coefficient (Wildman–Crippen LogP) is 3.40. The van der Waals surface area contributed by atoms with E-state index >= 15 is 0 Å². The smallest absolute Gasteiger partial charge is 0.190 e. The predicted molar refractivity (Wildman–Crippen MR) is 132 cm³/mol. The van der Waals surface area contributed by atoms with Crippen LogP contribution in [0.15, 0.2) is 65.7 Å². The number of likely N-dealkylation sites (N-methyl/N-ethyl adjacent to an activating group) is 1. The number of hydrogen-bond donors (Lipinski definition) is 2. The van der Waals surface area contributed by atoms with E-state index in [0.717, 1.165) is 25.5 Å². The average molecular weight is 422 g/mol. The van der Waals surface area contributed by atoms with Crippen LogP contribution in [0.25, 0.3) is 0 Å². The maximum absolute atomic E-state index is 4.40. The Morgan fingerprint density at radius 1 is 0.839 bits per heavy atom. The molecule has 2 aromatic carbocycles. The second kappa shape index (κ2) is 13.1. The highest BCUT2D eigenvalue weighted by Crippen LogP contribution is 2.27. The maximum atomic E-state index is 4.40. The minimum Gasteiger partial charge on any atom is -0.356 e. The van der Waals surface area contributed by atoms with Gasteiger partial charge in [0.25, 0.3) is 0 Å². The van der Waals surface area contributed by atoms with Crippen LogP contribution in [0.2, 0.25) is 0 Å². The van der Waals surface area contributed by atoms with Crippen molar-refractivity contribution in [2.75, 3.05) is 59.9 Å². The molecule has 5 heteroatoms. The number of benzene rings is 2. The first-order valence-electron chi connectivity index (χ1n) is 11.7. The Kier molecular flexibility index (Phi) is 9.87. The van der Waals surface area contributed by atoms with Crippen LogP contribution in [-0.2, 0) is 0 Å². The van der Waals surface area contributed by atoms with E-state index in [9.17, 15) is 0 Å². The van der Waals surface area contributed by atoms with E-state index in [0.29, 0.717) is 5.92 Å². The largest absolute Gasteiger partial charge is 0.356 e. The highest BCUT2D eigenvalue weighted by Gasteiger charge is 2.14. The number of nitrogens with zero attached hydrogens (tertiary/aromatic N) is 3. The summed E-state index contributed by atoms with van der Waals surface area (Å²) in [5.74, 6) is 1.29. The summed E-state index contributed by atoms with van der Waals surface area (Å²) in [4.78, 5) is 9.40. The molecule has 1 saturated heterocycles. The Bertz CT molecular complexity index is 714. The van der Waals surface area contributed by atoms with Crippen molar-refractivity contribution in [1.82, 2.24) is 20.4 Å². The molecule has 0 unspecified atom stereocenters. The highest BCUT2D eigenvalue weighted by atomic mass is 15.2. The fourth-order valence-corrected chi connectivity index (χ4v) is 4.19. The van der Waals surface area contributed by atoms with Gasteiger partial charge in [0.15, 0.2) is 5.96 Å². The van der Waals surface area contributed by atoms with E-state index in [1.807, 2.05) is 7.05 Å². The molecule has 1 aliphatic heterocycles. The van der Waals surface area contributed by atoms with E-state index in [1.54, 1.807) is 0 Å². The van der Waals surface area contributed by atoms with Crippen molar-refractivity contribution in [3.05, 3.63) is 71.8 Å². The zero-order valence-electron chi connectivity index (χ0n) is 19.3. The standard InChI is InChI=1S/C26H39N5/c1-27-26(28-16-9-10-18-31-21-19-30(2)20-22-31)29-17-15-25(23-11-5-3-6-12-23)24-13-7-4-8-14-24/h3-8,11-14,25H,9-10,15-22H2,1-2H3,(H2,27,28,29). The Hall–Kier alpha value is -2.37. The minimum atomic E-state index is 0.386. The molecule has 168 valence electrons. The summed E-state index contributed by atoms with van der Waals surface area (Å²) >= 11 is 0. The van der Waals surface area contributed by atoms with E-state index in [-0.39, 0.29) is 0 Å². The second-order valence-electron chi connectivity index (χ2n) is 8.44. The van der Waals surface area contributed by atoms with Crippen LogP contribution < -0.4 is 10.6 Å². The van der Waals surface area contributed by atoms with Crippen molar-refractivity contribution >= 4 is 5.96 Å². The Balaban J connectivity index is 1.38. The lowest BCUT2D eigenvalue weighted by Gasteiger charge is -2.32. The lowest BCUT2D eigenvalue weighted by Crippen LogP contribution is -2.44. The molecule has 0 radical (unpaired) electrons. The molecule has 0 spiro atoms. The number of hydrogen-bond acceptors (Lipinski definition) is 3. The van der Waals surface area contributed by atoms with Gasteiger partial charge in [-0.2, -0.15) is 0 Å². The van der Waals surface area contributed by atoms with Crippen LogP contribution >= 0.6 is 0 Å². The van der Waals surface area contributed by atoms with Gasteiger partial charge in [-0.1, -0.05) is 60.7 Å². The molecule has 31 heavy (non-hydrogen) atoms. The van der Waals surface area contributed by atoms with Crippen LogP contribution in [0.3, 0.4) is 0 Å². The van der Waals surface area contributed by atoms with Crippen LogP contribution in [-0.4, -0.2) is 75.7 Å². The van der Waals surface area contributed by atoms with Gasteiger partial charge in [0.2, 0.25) is 0 Å². The van der Waals surface area contributed by atoms with Crippen LogP contribution in [0, 0.1) is 0 Å². The molecular weight excluding hydrogens is 382 g/mol. The number of piperazine rings is 1. The summed E-state index contributed by atoms with van der Waals surface area (Å²) in [5, 5.41) is 6.99. The normalized spacial score (nSPS) is 15.9. The summed E-state index contributed by atoms with van der Waals surface area (Å²) in [6.45, 7) is 7.86. The molecule has 2 aromatic rings. The fraction of sp³-hybridized carbons (Fsp3) is 0.500. The lowest BCUT2D eigenvalue weighted by molar-refractivity contribution is 0.152. The molecule has 5 nitrogen and oxygen atoms in total. The molecule has 0 bridgehead atoms. The maximum Gasteiger partial charge on any atom is 0.190 e. The van der Waals surface area contributed by atoms with Crippen molar-refractivity contribution in [2.24, 2.45) is 4.99 Å². The topological polar surface area (TPSA) is 42.9 Å². The molecule has 3 rings (SSSR count). The van der Waals surface area contributed by atoms with Gasteiger partial charge < -0.3 is 20.4 Å². The summed E-state index contributed by atoms with van der Waals surface area (Å²) in [7, 11) is 4.06. The van der Waals surface area contributed by atoms with E-state index < -0.39 is 0 Å². The first-order chi connectivity index (χ1) is 15.3. The zero-order chi connectivity index (χ0) is 21.7. The van der Waals surface area contributed by atoms with Gasteiger partial charge in [0, 0.05) is 52.2 Å². The number of unbranched alkanes of at least 4 members (excludes halogenated alkanes) is 1. The molecule has 0 aliphatic carbocycles. The number of aliphatic imine (C=N–C) groups is 1. The average Bonchev–Trinajstić information content (AvgIpc) is 2.82. The summed E-state index contributed by atoms with van der Waals surface area (Å²) in [6.07, 6.45) is 3.43. The summed E-state index contributed by atoms with van der Waals surface area (Å²) in [5.41, 5.74) is 2.73. The molecule has 0 saturated carbocycles. The molecular formula is C26H39N5. The Labute approximate surface area is 188 Å². The van der Waals surface area contributed by atoms with E-state index in [4.69, 9.17) is 0 Å². The van der Waals surface area contributed by atoms with Crippen molar-refractivity contribution in [3.8, 4) is 0 Å². The quantitative estimate of drug-likeness (QED) is 0.351. The van der Waals surface area contributed by atoms with Crippen LogP contribution in [0.4, 0.5) is 0 Å². The SMILES string of the molecule is CN=C(NCCCCN1CCN(C)CC1)NCCC(c1ccccc1)c1ccccc1. The van der Waals surface area contributed by atoms with Gasteiger partial charge in [-0.15, -0.1) is 0 Å². The second-order valence-corrected chi connectivity index (χ2v) is 8.44. The number of rotatable bonds is 10.